The molecule has 0 spiro atoms. The van der Waals surface area contributed by atoms with Crippen LogP contribution < -0.4 is 91.0 Å². The number of aromatic nitrogens is 6. The van der Waals surface area contributed by atoms with Crippen LogP contribution in [0.5, 0.6) is 0 Å². The largest absolute Gasteiger partial charge is 1.00 e. The number of para-hydroxylation sites is 2. The van der Waals surface area contributed by atoms with E-state index in [1.807, 2.05) is 12.1 Å². The summed E-state index contributed by atoms with van der Waals surface area (Å²) in [5.41, 5.74) is -0.343. The minimum absolute atomic E-state index is 0. The molecule has 280 valence electrons. The monoisotopic (exact) mass is 816 g/mol. The summed E-state index contributed by atoms with van der Waals surface area (Å²) in [6.07, 6.45) is 3.92. The van der Waals surface area contributed by atoms with E-state index in [-0.39, 0.29) is 94.8 Å². The quantitative estimate of drug-likeness (QED) is 0.0304. The number of anilines is 8. The van der Waals surface area contributed by atoms with Crippen molar-refractivity contribution >= 4 is 73.4 Å². The number of nitrogens with one attached hydrogen (secondary N) is 6. The van der Waals surface area contributed by atoms with E-state index >= 15 is 0 Å². The van der Waals surface area contributed by atoms with E-state index in [1.54, 1.807) is 93.0 Å². The van der Waals surface area contributed by atoms with Gasteiger partial charge in [-0.25, -0.2) is 16.8 Å². The van der Waals surface area contributed by atoms with Crippen molar-refractivity contribution in [2.24, 2.45) is 5.92 Å². The standard InChI is InChI=1S/C34H36N12O6S2.2Na/c1-35-27-39-29(37-25-14-8-4-9-15-25)43-31(41-27)45-33(46-32-42-28(36-2)40-30(44-32)38-26-16-10-5-11-17-26)21-20-24(19-18-23-12-6-3-7-13-23)34(22-33,53(47,48)49)54(50,51)52;;/h3-21,24H,22H2,1-2H3,(H,47,48,49)(H,50,51,52)(H3,35,37,39,41,43,45)(H3,36,38,40,42,44,46);;/q;2*+1/p-2. The maximum Gasteiger partial charge on any atom is 1.00 e. The fourth-order valence-electron chi connectivity index (χ4n) is 5.71. The zero-order chi connectivity index (χ0) is 38.4. The molecule has 1 aliphatic rings. The number of nitrogens with zero attached hydrogens (tertiary/aromatic N) is 6. The van der Waals surface area contributed by atoms with E-state index in [0.717, 1.165) is 6.08 Å². The van der Waals surface area contributed by atoms with Crippen molar-refractivity contribution in [1.82, 2.24) is 29.9 Å². The molecule has 0 saturated carbocycles. The molecule has 0 amide bonds. The Balaban J connectivity index is 0.00000348. The maximum absolute atomic E-state index is 13.3. The molecule has 1 atom stereocenters. The van der Waals surface area contributed by atoms with Crippen LogP contribution in [0, 0.1) is 5.92 Å². The molecule has 0 bridgehead atoms. The average Bonchev–Trinajstić information content (AvgIpc) is 3.14. The van der Waals surface area contributed by atoms with Crippen molar-refractivity contribution in [3.05, 3.63) is 115 Å². The average molecular weight is 817 g/mol. The van der Waals surface area contributed by atoms with Crippen LogP contribution in [0.15, 0.2) is 109 Å². The first-order valence-corrected chi connectivity index (χ1v) is 19.0. The molecule has 18 nitrogen and oxygen atoms in total. The third kappa shape index (κ3) is 10.4. The summed E-state index contributed by atoms with van der Waals surface area (Å²) >= 11 is 0. The zero-order valence-electron chi connectivity index (χ0n) is 30.7. The van der Waals surface area contributed by atoms with Crippen molar-refractivity contribution in [3.63, 3.8) is 0 Å². The SMILES string of the molecule is CNc1nc(Nc2ccccc2)nc(NC2(Nc3nc(NC)nc(Nc4ccccc4)n3)C=CC(C=Cc3ccccc3)C(S(=O)(=O)[O-])(S(=O)(=O)[O-])C2)n1.[Na+].[Na+]. The third-order valence-corrected chi connectivity index (χ3v) is 12.0. The van der Waals surface area contributed by atoms with Crippen molar-refractivity contribution in [2.75, 3.05) is 46.0 Å². The van der Waals surface area contributed by atoms with Gasteiger partial charge in [0.2, 0.25) is 35.7 Å². The summed E-state index contributed by atoms with van der Waals surface area (Å²) in [5, 5.41) is 17.6. The van der Waals surface area contributed by atoms with Gasteiger partial charge >= 0.3 is 59.1 Å². The van der Waals surface area contributed by atoms with Crippen molar-refractivity contribution < 1.29 is 85.1 Å². The van der Waals surface area contributed by atoms with Gasteiger partial charge in [0.15, 0.2) is 4.08 Å². The number of rotatable bonds is 14. The second-order valence-electron chi connectivity index (χ2n) is 11.9. The molecule has 0 aliphatic heterocycles. The number of hydrogen-bond acceptors (Lipinski definition) is 18. The molecule has 2 heterocycles. The Labute approximate surface area is 368 Å². The summed E-state index contributed by atoms with van der Waals surface area (Å²) in [4.78, 5) is 26.2. The Kier molecular flexibility index (Phi) is 14.9. The second kappa shape index (κ2) is 18.8. The summed E-state index contributed by atoms with van der Waals surface area (Å²) in [6.45, 7) is 0. The van der Waals surface area contributed by atoms with Gasteiger partial charge < -0.3 is 41.0 Å². The minimum Gasteiger partial charge on any atom is -0.747 e. The van der Waals surface area contributed by atoms with Crippen LogP contribution in [0.1, 0.15) is 12.0 Å². The van der Waals surface area contributed by atoms with Crippen LogP contribution in [0.3, 0.4) is 0 Å². The predicted octanol–water partition coefficient (Wildman–Crippen LogP) is -2.07. The predicted molar refractivity (Wildman–Crippen MR) is 203 cm³/mol. The van der Waals surface area contributed by atoms with E-state index in [4.69, 9.17) is 0 Å². The molecule has 22 heteroatoms. The van der Waals surface area contributed by atoms with E-state index in [9.17, 15) is 25.9 Å². The van der Waals surface area contributed by atoms with Crippen LogP contribution in [0.2, 0.25) is 0 Å². The Morgan fingerprint density at radius 3 is 1.41 bits per heavy atom. The first-order chi connectivity index (χ1) is 25.8. The van der Waals surface area contributed by atoms with Crippen LogP contribution in [0.25, 0.3) is 6.08 Å². The van der Waals surface area contributed by atoms with Gasteiger partial charge in [-0.05, 0) is 35.9 Å². The maximum atomic E-state index is 13.3. The summed E-state index contributed by atoms with van der Waals surface area (Å²) in [7, 11) is -8.83. The molecular formula is C34H34N12Na2O6S2. The Hall–Kier alpha value is -4.22. The van der Waals surface area contributed by atoms with E-state index in [0.29, 0.717) is 16.9 Å². The first kappa shape index (κ1) is 44.5. The van der Waals surface area contributed by atoms with Gasteiger partial charge in [-0.3, -0.25) is 0 Å². The second-order valence-corrected chi connectivity index (χ2v) is 15.4. The smallest absolute Gasteiger partial charge is 0.747 e. The van der Waals surface area contributed by atoms with Crippen LogP contribution in [-0.2, 0) is 20.2 Å². The Morgan fingerprint density at radius 1 is 0.607 bits per heavy atom. The number of hydrogen-bond donors (Lipinski definition) is 6. The summed E-state index contributed by atoms with van der Waals surface area (Å²) < 4.78 is 76.3. The van der Waals surface area contributed by atoms with Crippen LogP contribution >= 0.6 is 0 Å². The van der Waals surface area contributed by atoms with Gasteiger partial charge in [-0.2, -0.15) is 29.9 Å². The molecule has 0 fully saturated rings. The van der Waals surface area contributed by atoms with Crippen molar-refractivity contribution in [1.29, 1.82) is 0 Å². The molecule has 6 rings (SSSR count). The van der Waals surface area contributed by atoms with Gasteiger partial charge in [0.1, 0.15) is 25.9 Å². The Bertz CT molecular complexity index is 2260. The molecule has 1 unspecified atom stereocenters. The van der Waals surface area contributed by atoms with Gasteiger partial charge in [-0.1, -0.05) is 85.0 Å². The van der Waals surface area contributed by atoms with Crippen LogP contribution in [0.4, 0.5) is 47.1 Å². The topological polar surface area (TPSA) is 264 Å². The van der Waals surface area contributed by atoms with Gasteiger partial charge in [-0.15, -0.1) is 0 Å². The normalized spacial score (nSPS) is 15.8. The van der Waals surface area contributed by atoms with Gasteiger partial charge in [0, 0.05) is 37.8 Å². The van der Waals surface area contributed by atoms with E-state index in [1.165, 1.54) is 18.2 Å². The molecule has 6 N–H and O–H groups in total. The van der Waals surface area contributed by atoms with Crippen molar-refractivity contribution in [2.45, 2.75) is 16.2 Å². The molecule has 1 aliphatic carbocycles. The van der Waals surface area contributed by atoms with E-state index in [2.05, 4.69) is 61.8 Å². The molecular weight excluding hydrogens is 783 g/mol. The molecule has 56 heavy (non-hydrogen) atoms. The van der Waals surface area contributed by atoms with E-state index < -0.39 is 42.3 Å². The molecule has 0 saturated heterocycles. The fourth-order valence-corrected chi connectivity index (χ4v) is 8.50. The Morgan fingerprint density at radius 2 is 1.00 bits per heavy atom. The molecule has 0 radical (unpaired) electrons. The number of benzene rings is 3. The summed E-state index contributed by atoms with van der Waals surface area (Å²) in [6, 6.07) is 26.4. The van der Waals surface area contributed by atoms with Gasteiger partial charge in [0.25, 0.3) is 0 Å². The van der Waals surface area contributed by atoms with Crippen LogP contribution in [-0.4, -0.2) is 79.7 Å². The van der Waals surface area contributed by atoms with Gasteiger partial charge in [0.05, 0.1) is 0 Å². The summed E-state index contributed by atoms with van der Waals surface area (Å²) in [5.74, 6) is -2.02. The first-order valence-electron chi connectivity index (χ1n) is 16.2. The minimum atomic E-state index is -5.97. The molecule has 2 aromatic heterocycles. The molecule has 3 aromatic carbocycles. The van der Waals surface area contributed by atoms with Crippen molar-refractivity contribution in [3.8, 4) is 0 Å². The zero-order valence-corrected chi connectivity index (χ0v) is 36.3. The fraction of sp³-hybridized carbons (Fsp3) is 0.176. The number of allylic oxidation sites excluding steroid dienone is 2. The third-order valence-electron chi connectivity index (χ3n) is 8.21. The molecule has 5 aromatic rings.